The monoisotopic (exact) mass is 226 g/mol. The zero-order valence-electron chi connectivity index (χ0n) is 8.14. The first-order chi connectivity index (χ1) is 7.09. The predicted molar refractivity (Wildman–Crippen MR) is 58.9 cm³/mol. The number of halogens is 1. The van der Waals surface area contributed by atoms with Gasteiger partial charge in [-0.1, -0.05) is 23.7 Å². The maximum absolute atomic E-state index is 10.9. The van der Waals surface area contributed by atoms with Crippen molar-refractivity contribution in [3.63, 3.8) is 0 Å². The molecule has 0 aliphatic carbocycles. The number of aliphatic hydroxyl groups is 1. The van der Waals surface area contributed by atoms with Gasteiger partial charge in [-0.3, -0.25) is 4.79 Å². The molecule has 15 heavy (non-hydrogen) atoms. The number of nitrogens with one attached hydrogen (secondary N) is 1. The summed E-state index contributed by atoms with van der Waals surface area (Å²) >= 11 is 5.69. The average Bonchev–Trinajstić information content (AvgIpc) is 2.20. The van der Waals surface area contributed by atoms with E-state index in [1.54, 1.807) is 24.3 Å². The van der Waals surface area contributed by atoms with Gasteiger partial charge < -0.3 is 5.11 Å². The molecule has 1 rings (SSSR count). The second kappa shape index (κ2) is 5.48. The lowest BCUT2D eigenvalue weighted by molar-refractivity contribution is -0.128. The molecule has 0 bridgehead atoms. The van der Waals surface area contributed by atoms with Crippen molar-refractivity contribution in [2.45, 2.75) is 13.0 Å². The van der Waals surface area contributed by atoms with Crippen LogP contribution in [0.3, 0.4) is 0 Å². The van der Waals surface area contributed by atoms with Crippen LogP contribution in [-0.2, 0) is 4.79 Å². The number of amides is 1. The van der Waals surface area contributed by atoms with Gasteiger partial charge in [-0.2, -0.15) is 5.10 Å². The SMILES string of the molecule is C[C@H](O)C(=O)N/N=C\c1ccc(Cl)cc1. The van der Waals surface area contributed by atoms with Crippen LogP contribution in [-0.4, -0.2) is 23.3 Å². The molecule has 0 fully saturated rings. The fourth-order valence-corrected chi connectivity index (χ4v) is 0.939. The van der Waals surface area contributed by atoms with Crippen molar-refractivity contribution in [1.82, 2.24) is 5.43 Å². The predicted octanol–water partition coefficient (Wildman–Crippen LogP) is 1.17. The molecule has 0 aliphatic heterocycles. The molecule has 1 atom stereocenters. The highest BCUT2D eigenvalue weighted by molar-refractivity contribution is 6.30. The van der Waals surface area contributed by atoms with Crippen LogP contribution in [0, 0.1) is 0 Å². The summed E-state index contributed by atoms with van der Waals surface area (Å²) in [6.07, 6.45) is 0.406. The summed E-state index contributed by atoms with van der Waals surface area (Å²) in [5.41, 5.74) is 3.00. The Balaban J connectivity index is 2.51. The number of nitrogens with zero attached hydrogens (tertiary/aromatic N) is 1. The molecule has 0 heterocycles. The minimum absolute atomic E-state index is 0.541. The highest BCUT2D eigenvalue weighted by Crippen LogP contribution is 2.07. The third-order valence-electron chi connectivity index (χ3n) is 1.64. The summed E-state index contributed by atoms with van der Waals surface area (Å²) in [5, 5.41) is 13.2. The number of hydrogen-bond acceptors (Lipinski definition) is 3. The zero-order valence-corrected chi connectivity index (χ0v) is 8.90. The molecule has 0 spiro atoms. The second-order valence-corrected chi connectivity index (χ2v) is 3.40. The van der Waals surface area contributed by atoms with Gasteiger partial charge in [0.1, 0.15) is 6.10 Å². The van der Waals surface area contributed by atoms with E-state index in [4.69, 9.17) is 16.7 Å². The molecule has 0 aromatic heterocycles. The van der Waals surface area contributed by atoms with Gasteiger partial charge in [0, 0.05) is 5.02 Å². The molecule has 0 saturated carbocycles. The first-order valence-corrected chi connectivity index (χ1v) is 4.74. The van der Waals surface area contributed by atoms with Crippen molar-refractivity contribution < 1.29 is 9.90 Å². The van der Waals surface area contributed by atoms with Gasteiger partial charge in [0.15, 0.2) is 0 Å². The molecule has 1 aromatic rings. The topological polar surface area (TPSA) is 61.7 Å². The lowest BCUT2D eigenvalue weighted by Gasteiger charge is -2.00. The number of benzene rings is 1. The van der Waals surface area contributed by atoms with Crippen molar-refractivity contribution in [3.8, 4) is 0 Å². The van der Waals surface area contributed by atoms with E-state index >= 15 is 0 Å². The van der Waals surface area contributed by atoms with Crippen LogP contribution in [0.25, 0.3) is 0 Å². The number of rotatable bonds is 3. The van der Waals surface area contributed by atoms with Crippen molar-refractivity contribution in [2.75, 3.05) is 0 Å². The molecular formula is C10H11ClN2O2. The highest BCUT2D eigenvalue weighted by atomic mass is 35.5. The number of carbonyl (C=O) groups is 1. The maximum Gasteiger partial charge on any atom is 0.268 e. The van der Waals surface area contributed by atoms with E-state index < -0.39 is 12.0 Å². The fraction of sp³-hybridized carbons (Fsp3) is 0.200. The number of aliphatic hydroxyl groups excluding tert-OH is 1. The van der Waals surface area contributed by atoms with E-state index in [9.17, 15) is 4.79 Å². The van der Waals surface area contributed by atoms with Gasteiger partial charge in [0.25, 0.3) is 5.91 Å². The van der Waals surface area contributed by atoms with Crippen LogP contribution < -0.4 is 5.43 Å². The molecular weight excluding hydrogens is 216 g/mol. The van der Waals surface area contributed by atoms with Crippen molar-refractivity contribution in [3.05, 3.63) is 34.9 Å². The summed E-state index contributed by atoms with van der Waals surface area (Å²) in [5.74, 6) is -0.541. The van der Waals surface area contributed by atoms with Crippen LogP contribution in [0.5, 0.6) is 0 Å². The highest BCUT2D eigenvalue weighted by Gasteiger charge is 2.05. The lowest BCUT2D eigenvalue weighted by atomic mass is 10.2. The van der Waals surface area contributed by atoms with Crippen LogP contribution in [0.1, 0.15) is 12.5 Å². The Bertz CT molecular complexity index is 360. The Labute approximate surface area is 92.6 Å². The van der Waals surface area contributed by atoms with E-state index in [1.165, 1.54) is 13.1 Å². The molecule has 0 radical (unpaired) electrons. The standard InChI is InChI=1S/C10H11ClN2O2/c1-7(14)10(15)13-12-6-8-2-4-9(11)5-3-8/h2-7,14H,1H3,(H,13,15)/b12-6-/t7-/m0/s1. The lowest BCUT2D eigenvalue weighted by Crippen LogP contribution is -2.28. The summed E-state index contributed by atoms with van der Waals surface area (Å²) < 4.78 is 0. The zero-order chi connectivity index (χ0) is 11.3. The van der Waals surface area contributed by atoms with Crippen molar-refractivity contribution >= 4 is 23.7 Å². The Morgan fingerprint density at radius 2 is 2.13 bits per heavy atom. The Hall–Kier alpha value is -1.39. The van der Waals surface area contributed by atoms with Crippen LogP contribution in [0.15, 0.2) is 29.4 Å². The second-order valence-electron chi connectivity index (χ2n) is 2.96. The molecule has 5 heteroatoms. The molecule has 0 unspecified atom stereocenters. The molecule has 0 aliphatic rings. The number of hydrogen-bond donors (Lipinski definition) is 2. The van der Waals surface area contributed by atoms with Gasteiger partial charge in [-0.15, -0.1) is 0 Å². The van der Waals surface area contributed by atoms with Crippen molar-refractivity contribution in [2.24, 2.45) is 5.10 Å². The minimum Gasteiger partial charge on any atom is -0.383 e. The quantitative estimate of drug-likeness (QED) is 0.600. The average molecular weight is 227 g/mol. The van der Waals surface area contributed by atoms with E-state index in [0.29, 0.717) is 5.02 Å². The third-order valence-corrected chi connectivity index (χ3v) is 1.89. The fourth-order valence-electron chi connectivity index (χ4n) is 0.813. The third kappa shape index (κ3) is 4.10. The van der Waals surface area contributed by atoms with Crippen LogP contribution >= 0.6 is 11.6 Å². The normalized spacial score (nSPS) is 12.7. The summed E-state index contributed by atoms with van der Waals surface area (Å²) in [4.78, 5) is 10.9. The van der Waals surface area contributed by atoms with Gasteiger partial charge in [0.05, 0.1) is 6.21 Å². The molecule has 0 saturated heterocycles. The van der Waals surface area contributed by atoms with Crippen LogP contribution in [0.2, 0.25) is 5.02 Å². The number of carbonyl (C=O) groups excluding carboxylic acids is 1. The molecule has 4 nitrogen and oxygen atoms in total. The minimum atomic E-state index is -1.06. The van der Waals surface area contributed by atoms with Gasteiger partial charge >= 0.3 is 0 Å². The smallest absolute Gasteiger partial charge is 0.268 e. The number of hydrazone groups is 1. The van der Waals surface area contributed by atoms with E-state index in [2.05, 4.69) is 10.5 Å². The summed E-state index contributed by atoms with van der Waals surface area (Å²) in [7, 11) is 0. The molecule has 80 valence electrons. The summed E-state index contributed by atoms with van der Waals surface area (Å²) in [6, 6.07) is 6.97. The van der Waals surface area contributed by atoms with Crippen molar-refractivity contribution in [1.29, 1.82) is 0 Å². The van der Waals surface area contributed by atoms with E-state index in [1.807, 2.05) is 0 Å². The van der Waals surface area contributed by atoms with E-state index in [0.717, 1.165) is 5.56 Å². The molecule has 1 aromatic carbocycles. The van der Waals surface area contributed by atoms with E-state index in [-0.39, 0.29) is 0 Å². The first-order valence-electron chi connectivity index (χ1n) is 4.36. The van der Waals surface area contributed by atoms with Crippen LogP contribution in [0.4, 0.5) is 0 Å². The largest absolute Gasteiger partial charge is 0.383 e. The maximum atomic E-state index is 10.9. The van der Waals surface area contributed by atoms with Gasteiger partial charge in [-0.05, 0) is 24.6 Å². The molecule has 2 N–H and O–H groups in total. The van der Waals surface area contributed by atoms with Gasteiger partial charge in [0.2, 0.25) is 0 Å². The Kier molecular flexibility index (Phi) is 4.27. The van der Waals surface area contributed by atoms with Gasteiger partial charge in [-0.25, -0.2) is 5.43 Å². The Morgan fingerprint density at radius 1 is 1.53 bits per heavy atom. The summed E-state index contributed by atoms with van der Waals surface area (Å²) in [6.45, 7) is 1.37. The first kappa shape index (κ1) is 11.7. The molecule has 1 amide bonds. The Morgan fingerprint density at radius 3 is 2.67 bits per heavy atom.